The molecule has 1 aromatic heterocycles. The summed E-state index contributed by atoms with van der Waals surface area (Å²) >= 11 is 0. The lowest BCUT2D eigenvalue weighted by Crippen LogP contribution is -2.13. The topological polar surface area (TPSA) is 60.2 Å². The maximum absolute atomic E-state index is 5.22. The summed E-state index contributed by atoms with van der Waals surface area (Å²) in [5, 5.41) is 7.09. The second-order valence-corrected chi connectivity index (χ2v) is 4.14. The fourth-order valence-electron chi connectivity index (χ4n) is 1.78. The average molecular weight is 247 g/mol. The van der Waals surface area contributed by atoms with Gasteiger partial charge in [-0.3, -0.25) is 0 Å². The monoisotopic (exact) mass is 247 g/mol. The highest BCUT2D eigenvalue weighted by Crippen LogP contribution is 2.18. The van der Waals surface area contributed by atoms with Crippen molar-refractivity contribution in [2.45, 2.75) is 26.9 Å². The predicted octanol–water partition coefficient (Wildman–Crippen LogP) is 1.98. The van der Waals surface area contributed by atoms with Gasteiger partial charge in [0.1, 0.15) is 5.75 Å². The van der Waals surface area contributed by atoms with Crippen molar-refractivity contribution in [1.82, 2.24) is 15.5 Å². The van der Waals surface area contributed by atoms with Crippen molar-refractivity contribution in [3.8, 4) is 5.75 Å². The Balaban J connectivity index is 1.88. The molecular weight excluding hydrogens is 230 g/mol. The van der Waals surface area contributed by atoms with Gasteiger partial charge < -0.3 is 14.6 Å². The van der Waals surface area contributed by atoms with E-state index in [0.29, 0.717) is 18.3 Å². The van der Waals surface area contributed by atoms with E-state index in [0.717, 1.165) is 17.9 Å². The molecule has 1 aromatic carbocycles. The van der Waals surface area contributed by atoms with Crippen molar-refractivity contribution in [1.29, 1.82) is 0 Å². The van der Waals surface area contributed by atoms with Gasteiger partial charge in [-0.05, 0) is 24.1 Å². The first-order valence-corrected chi connectivity index (χ1v) is 5.82. The van der Waals surface area contributed by atoms with Crippen LogP contribution in [-0.2, 0) is 13.1 Å². The summed E-state index contributed by atoms with van der Waals surface area (Å²) in [6.45, 7) is 5.18. The number of hydrogen-bond acceptors (Lipinski definition) is 5. The number of nitrogens with one attached hydrogen (secondary N) is 1. The quantitative estimate of drug-likeness (QED) is 0.875. The molecule has 1 heterocycles. The van der Waals surface area contributed by atoms with Gasteiger partial charge in [0.2, 0.25) is 5.89 Å². The molecule has 2 aromatic rings. The zero-order valence-electron chi connectivity index (χ0n) is 10.9. The molecule has 0 aliphatic carbocycles. The summed E-state index contributed by atoms with van der Waals surface area (Å²) < 4.78 is 10.1. The van der Waals surface area contributed by atoms with Gasteiger partial charge in [-0.15, -0.1) is 0 Å². The third kappa shape index (κ3) is 3.07. The van der Waals surface area contributed by atoms with Crippen LogP contribution in [0, 0.1) is 13.8 Å². The van der Waals surface area contributed by atoms with E-state index in [9.17, 15) is 0 Å². The SMILES string of the molecule is COc1ccc(CNCc2noc(C)n2)cc1C. The van der Waals surface area contributed by atoms with E-state index in [1.807, 2.05) is 19.1 Å². The molecule has 2 rings (SSSR count). The molecule has 0 aliphatic rings. The van der Waals surface area contributed by atoms with E-state index in [1.54, 1.807) is 14.0 Å². The lowest BCUT2D eigenvalue weighted by atomic mass is 10.1. The Bertz CT molecular complexity index is 523. The molecule has 0 amide bonds. The normalized spacial score (nSPS) is 10.6. The Morgan fingerprint density at radius 3 is 2.72 bits per heavy atom. The molecule has 0 atom stereocenters. The van der Waals surface area contributed by atoms with Crippen LogP contribution in [0.2, 0.25) is 0 Å². The van der Waals surface area contributed by atoms with Gasteiger partial charge in [-0.2, -0.15) is 4.98 Å². The van der Waals surface area contributed by atoms with Crippen LogP contribution < -0.4 is 10.1 Å². The zero-order chi connectivity index (χ0) is 13.0. The summed E-state index contributed by atoms with van der Waals surface area (Å²) in [6, 6.07) is 6.12. The molecule has 18 heavy (non-hydrogen) atoms. The summed E-state index contributed by atoms with van der Waals surface area (Å²) in [6.07, 6.45) is 0. The summed E-state index contributed by atoms with van der Waals surface area (Å²) in [4.78, 5) is 4.13. The van der Waals surface area contributed by atoms with Crippen LogP contribution >= 0.6 is 0 Å². The fraction of sp³-hybridized carbons (Fsp3) is 0.385. The van der Waals surface area contributed by atoms with Gasteiger partial charge in [-0.1, -0.05) is 17.3 Å². The van der Waals surface area contributed by atoms with Crippen molar-refractivity contribution in [3.05, 3.63) is 41.0 Å². The van der Waals surface area contributed by atoms with Gasteiger partial charge in [0, 0.05) is 13.5 Å². The van der Waals surface area contributed by atoms with Crippen molar-refractivity contribution in [2.24, 2.45) is 0 Å². The molecule has 0 unspecified atom stereocenters. The van der Waals surface area contributed by atoms with E-state index in [2.05, 4.69) is 21.5 Å². The second-order valence-electron chi connectivity index (χ2n) is 4.14. The maximum atomic E-state index is 5.22. The van der Waals surface area contributed by atoms with E-state index >= 15 is 0 Å². The lowest BCUT2D eigenvalue weighted by molar-refractivity contribution is 0.385. The first-order valence-electron chi connectivity index (χ1n) is 5.82. The summed E-state index contributed by atoms with van der Waals surface area (Å²) in [5.74, 6) is 2.18. The van der Waals surface area contributed by atoms with Crippen molar-refractivity contribution >= 4 is 0 Å². The average Bonchev–Trinajstić information content (AvgIpc) is 2.75. The minimum absolute atomic E-state index is 0.590. The molecule has 0 saturated heterocycles. The fourth-order valence-corrected chi connectivity index (χ4v) is 1.78. The minimum Gasteiger partial charge on any atom is -0.496 e. The molecule has 0 spiro atoms. The van der Waals surface area contributed by atoms with Crippen LogP contribution in [-0.4, -0.2) is 17.3 Å². The Kier molecular flexibility index (Phi) is 3.94. The molecule has 5 heteroatoms. The Labute approximate surface area is 106 Å². The Morgan fingerprint density at radius 1 is 1.28 bits per heavy atom. The molecule has 0 fully saturated rings. The van der Waals surface area contributed by atoms with E-state index in [4.69, 9.17) is 9.26 Å². The molecular formula is C13H17N3O2. The highest BCUT2D eigenvalue weighted by molar-refractivity contribution is 5.36. The number of rotatable bonds is 5. The van der Waals surface area contributed by atoms with E-state index in [-0.39, 0.29) is 0 Å². The zero-order valence-corrected chi connectivity index (χ0v) is 10.9. The van der Waals surface area contributed by atoms with Gasteiger partial charge in [0.05, 0.1) is 13.7 Å². The third-order valence-corrected chi connectivity index (χ3v) is 2.64. The van der Waals surface area contributed by atoms with Crippen molar-refractivity contribution in [2.75, 3.05) is 7.11 Å². The number of aryl methyl sites for hydroxylation is 2. The number of hydrogen-bond donors (Lipinski definition) is 1. The number of nitrogens with zero attached hydrogens (tertiary/aromatic N) is 2. The molecule has 1 N–H and O–H groups in total. The first kappa shape index (κ1) is 12.6. The molecule has 0 bridgehead atoms. The number of ether oxygens (including phenoxy) is 1. The van der Waals surface area contributed by atoms with E-state index < -0.39 is 0 Å². The lowest BCUT2D eigenvalue weighted by Gasteiger charge is -2.07. The largest absolute Gasteiger partial charge is 0.496 e. The van der Waals surface area contributed by atoms with Gasteiger partial charge in [-0.25, -0.2) is 0 Å². The van der Waals surface area contributed by atoms with Gasteiger partial charge >= 0.3 is 0 Å². The highest BCUT2D eigenvalue weighted by atomic mass is 16.5. The summed E-state index contributed by atoms with van der Waals surface area (Å²) in [7, 11) is 1.68. The van der Waals surface area contributed by atoms with Crippen LogP contribution in [0.3, 0.4) is 0 Å². The molecule has 5 nitrogen and oxygen atoms in total. The standard InChI is InChI=1S/C13H17N3O2/c1-9-6-11(4-5-12(9)17-3)7-14-8-13-15-10(2)18-16-13/h4-6,14H,7-8H2,1-3H3. The van der Waals surface area contributed by atoms with Crippen LogP contribution in [0.1, 0.15) is 22.8 Å². The second kappa shape index (κ2) is 5.64. The van der Waals surface area contributed by atoms with Crippen LogP contribution in [0.5, 0.6) is 5.75 Å². The van der Waals surface area contributed by atoms with E-state index in [1.165, 1.54) is 5.56 Å². The molecule has 96 valence electrons. The number of methoxy groups -OCH3 is 1. The number of benzene rings is 1. The smallest absolute Gasteiger partial charge is 0.223 e. The van der Waals surface area contributed by atoms with Crippen LogP contribution in [0.15, 0.2) is 22.7 Å². The number of aromatic nitrogens is 2. The predicted molar refractivity (Wildman–Crippen MR) is 67.3 cm³/mol. The minimum atomic E-state index is 0.590. The van der Waals surface area contributed by atoms with Crippen molar-refractivity contribution < 1.29 is 9.26 Å². The van der Waals surface area contributed by atoms with Gasteiger partial charge in [0.25, 0.3) is 0 Å². The third-order valence-electron chi connectivity index (χ3n) is 2.64. The molecule has 0 saturated carbocycles. The Morgan fingerprint density at radius 2 is 2.11 bits per heavy atom. The van der Waals surface area contributed by atoms with Crippen LogP contribution in [0.25, 0.3) is 0 Å². The molecule has 0 aliphatic heterocycles. The Hall–Kier alpha value is -1.88. The van der Waals surface area contributed by atoms with Gasteiger partial charge in [0.15, 0.2) is 5.82 Å². The van der Waals surface area contributed by atoms with Crippen LogP contribution in [0.4, 0.5) is 0 Å². The maximum Gasteiger partial charge on any atom is 0.223 e. The molecule has 0 radical (unpaired) electrons. The highest BCUT2D eigenvalue weighted by Gasteiger charge is 2.03. The van der Waals surface area contributed by atoms with Crippen molar-refractivity contribution in [3.63, 3.8) is 0 Å². The summed E-state index contributed by atoms with van der Waals surface area (Å²) in [5.41, 5.74) is 2.33. The first-order chi connectivity index (χ1) is 8.69.